The third-order valence-electron chi connectivity index (χ3n) is 2.79. The third kappa shape index (κ3) is 3.52. The van der Waals surface area contributed by atoms with E-state index in [4.69, 9.17) is 0 Å². The van der Waals surface area contributed by atoms with Crippen LogP contribution in [-0.2, 0) is 0 Å². The molecule has 0 aliphatic carbocycles. The van der Waals surface area contributed by atoms with Crippen LogP contribution < -0.4 is 0 Å². The van der Waals surface area contributed by atoms with E-state index in [2.05, 4.69) is 6.92 Å². The Balaban J connectivity index is 0.000000771. The quantitative estimate of drug-likeness (QED) is 0.828. The standard InChI is InChI=1S/C14H14O2.C2H6/c1-10(11-2-6-13(15)7-3-11)12-4-8-14(16)9-5-12;1-2/h2-10,15-16H,1H3;1-2H3. The lowest BCUT2D eigenvalue weighted by Crippen LogP contribution is -1.94. The lowest BCUT2D eigenvalue weighted by Gasteiger charge is -2.12. The van der Waals surface area contributed by atoms with Crippen LogP contribution in [0.2, 0.25) is 0 Å². The zero-order valence-electron chi connectivity index (χ0n) is 11.1. The van der Waals surface area contributed by atoms with Crippen molar-refractivity contribution in [3.63, 3.8) is 0 Å². The first kappa shape index (κ1) is 14.1. The van der Waals surface area contributed by atoms with Gasteiger partial charge in [-0.2, -0.15) is 0 Å². The highest BCUT2D eigenvalue weighted by Gasteiger charge is 2.07. The molecule has 0 atom stereocenters. The Morgan fingerprint density at radius 1 is 0.667 bits per heavy atom. The smallest absolute Gasteiger partial charge is 0.115 e. The summed E-state index contributed by atoms with van der Waals surface area (Å²) in [6, 6.07) is 14.4. The SMILES string of the molecule is CC.CC(c1ccc(O)cc1)c1ccc(O)cc1. The fourth-order valence-electron chi connectivity index (χ4n) is 1.72. The summed E-state index contributed by atoms with van der Waals surface area (Å²) in [7, 11) is 0. The fourth-order valence-corrected chi connectivity index (χ4v) is 1.72. The lowest BCUT2D eigenvalue weighted by atomic mass is 9.93. The maximum absolute atomic E-state index is 9.21. The van der Waals surface area contributed by atoms with Gasteiger partial charge in [-0.1, -0.05) is 45.0 Å². The van der Waals surface area contributed by atoms with Gasteiger partial charge in [0.1, 0.15) is 11.5 Å². The van der Waals surface area contributed by atoms with Crippen LogP contribution in [0.3, 0.4) is 0 Å². The monoisotopic (exact) mass is 244 g/mol. The van der Waals surface area contributed by atoms with Gasteiger partial charge in [0.25, 0.3) is 0 Å². The molecular weight excluding hydrogens is 224 g/mol. The Morgan fingerprint density at radius 3 is 1.22 bits per heavy atom. The maximum atomic E-state index is 9.21. The van der Waals surface area contributed by atoms with Crippen molar-refractivity contribution in [2.75, 3.05) is 0 Å². The molecular formula is C16H20O2. The van der Waals surface area contributed by atoms with Crippen molar-refractivity contribution in [1.82, 2.24) is 0 Å². The average Bonchev–Trinajstić information content (AvgIpc) is 2.42. The molecule has 2 heteroatoms. The second-order valence-electron chi connectivity index (χ2n) is 3.90. The van der Waals surface area contributed by atoms with E-state index in [-0.39, 0.29) is 17.4 Å². The molecule has 0 amide bonds. The molecule has 0 bridgehead atoms. The number of hydrogen-bond donors (Lipinski definition) is 2. The predicted octanol–water partition coefficient (Wildman–Crippen LogP) is 4.28. The van der Waals surface area contributed by atoms with Gasteiger partial charge >= 0.3 is 0 Å². The van der Waals surface area contributed by atoms with Gasteiger partial charge in [-0.05, 0) is 35.4 Å². The van der Waals surface area contributed by atoms with Crippen molar-refractivity contribution in [3.05, 3.63) is 59.7 Å². The van der Waals surface area contributed by atoms with Gasteiger partial charge in [-0.3, -0.25) is 0 Å². The van der Waals surface area contributed by atoms with Crippen LogP contribution >= 0.6 is 0 Å². The highest BCUT2D eigenvalue weighted by molar-refractivity contribution is 5.36. The van der Waals surface area contributed by atoms with Crippen molar-refractivity contribution < 1.29 is 10.2 Å². The average molecular weight is 244 g/mol. The summed E-state index contributed by atoms with van der Waals surface area (Å²) in [4.78, 5) is 0. The summed E-state index contributed by atoms with van der Waals surface area (Å²) in [5.41, 5.74) is 2.28. The predicted molar refractivity (Wildman–Crippen MR) is 75.1 cm³/mol. The molecule has 2 aromatic rings. The van der Waals surface area contributed by atoms with Gasteiger partial charge < -0.3 is 10.2 Å². The van der Waals surface area contributed by atoms with Gasteiger partial charge in [0, 0.05) is 5.92 Å². The summed E-state index contributed by atoms with van der Waals surface area (Å²) in [6.07, 6.45) is 0. The molecule has 0 heterocycles. The normalized spacial score (nSPS) is 9.78. The van der Waals surface area contributed by atoms with Crippen LogP contribution in [0.5, 0.6) is 11.5 Å². The van der Waals surface area contributed by atoms with Crippen LogP contribution in [0, 0.1) is 0 Å². The van der Waals surface area contributed by atoms with Crippen molar-refractivity contribution in [3.8, 4) is 11.5 Å². The Kier molecular flexibility index (Phi) is 5.25. The van der Waals surface area contributed by atoms with Gasteiger partial charge in [-0.25, -0.2) is 0 Å². The second kappa shape index (κ2) is 6.70. The highest BCUT2D eigenvalue weighted by atomic mass is 16.3. The first-order chi connectivity index (χ1) is 8.66. The number of rotatable bonds is 2. The molecule has 0 unspecified atom stereocenters. The first-order valence-electron chi connectivity index (χ1n) is 6.24. The Hall–Kier alpha value is -1.96. The second-order valence-corrected chi connectivity index (χ2v) is 3.90. The summed E-state index contributed by atoms with van der Waals surface area (Å²) in [5.74, 6) is 0.810. The van der Waals surface area contributed by atoms with Crippen LogP contribution in [0.1, 0.15) is 37.8 Å². The van der Waals surface area contributed by atoms with Gasteiger partial charge in [-0.15, -0.1) is 0 Å². The van der Waals surface area contributed by atoms with Crippen molar-refractivity contribution in [2.45, 2.75) is 26.7 Å². The van der Waals surface area contributed by atoms with E-state index in [0.29, 0.717) is 0 Å². The number of phenolic OH excluding ortho intramolecular Hbond substituents is 2. The van der Waals surface area contributed by atoms with Gasteiger partial charge in [0.15, 0.2) is 0 Å². The number of hydrogen-bond acceptors (Lipinski definition) is 2. The lowest BCUT2D eigenvalue weighted by molar-refractivity contribution is 0.475. The molecule has 0 spiro atoms. The minimum Gasteiger partial charge on any atom is -0.508 e. The molecule has 0 radical (unpaired) electrons. The van der Waals surface area contributed by atoms with E-state index in [1.165, 1.54) is 0 Å². The van der Waals surface area contributed by atoms with E-state index in [1.807, 2.05) is 38.1 Å². The third-order valence-corrected chi connectivity index (χ3v) is 2.79. The van der Waals surface area contributed by atoms with Crippen molar-refractivity contribution in [1.29, 1.82) is 0 Å². The Morgan fingerprint density at radius 2 is 0.944 bits per heavy atom. The van der Waals surface area contributed by atoms with E-state index in [0.717, 1.165) is 11.1 Å². The molecule has 2 aromatic carbocycles. The molecule has 2 nitrogen and oxygen atoms in total. The van der Waals surface area contributed by atoms with Crippen LogP contribution in [0.4, 0.5) is 0 Å². The van der Waals surface area contributed by atoms with E-state index >= 15 is 0 Å². The molecule has 0 aliphatic heterocycles. The van der Waals surface area contributed by atoms with E-state index in [1.54, 1.807) is 24.3 Å². The van der Waals surface area contributed by atoms with Gasteiger partial charge in [0.2, 0.25) is 0 Å². The minimum atomic E-state index is 0.251. The molecule has 96 valence electrons. The van der Waals surface area contributed by atoms with Crippen molar-refractivity contribution in [2.24, 2.45) is 0 Å². The highest BCUT2D eigenvalue weighted by Crippen LogP contribution is 2.26. The topological polar surface area (TPSA) is 40.5 Å². The zero-order chi connectivity index (χ0) is 13.5. The maximum Gasteiger partial charge on any atom is 0.115 e. The summed E-state index contributed by atoms with van der Waals surface area (Å²) in [5, 5.41) is 18.4. The summed E-state index contributed by atoms with van der Waals surface area (Å²) in [6.45, 7) is 6.10. The number of aromatic hydroxyl groups is 2. The van der Waals surface area contributed by atoms with E-state index in [9.17, 15) is 10.2 Å². The molecule has 2 N–H and O–H groups in total. The molecule has 0 saturated heterocycles. The molecule has 0 saturated carbocycles. The molecule has 0 fully saturated rings. The number of phenols is 2. The fraction of sp³-hybridized carbons (Fsp3) is 0.250. The van der Waals surface area contributed by atoms with E-state index < -0.39 is 0 Å². The Bertz CT molecular complexity index is 412. The molecule has 2 rings (SSSR count). The zero-order valence-corrected chi connectivity index (χ0v) is 11.1. The van der Waals surface area contributed by atoms with Gasteiger partial charge in [0.05, 0.1) is 0 Å². The first-order valence-corrected chi connectivity index (χ1v) is 6.24. The summed E-state index contributed by atoms with van der Waals surface area (Å²) < 4.78 is 0. The van der Waals surface area contributed by atoms with Crippen LogP contribution in [0.25, 0.3) is 0 Å². The minimum absolute atomic E-state index is 0.251. The summed E-state index contributed by atoms with van der Waals surface area (Å²) >= 11 is 0. The molecule has 0 aromatic heterocycles. The Labute approximate surface area is 109 Å². The molecule has 18 heavy (non-hydrogen) atoms. The molecule has 0 aliphatic rings. The van der Waals surface area contributed by atoms with Crippen molar-refractivity contribution >= 4 is 0 Å². The van der Waals surface area contributed by atoms with Crippen LogP contribution in [-0.4, -0.2) is 10.2 Å². The number of benzene rings is 2. The van der Waals surface area contributed by atoms with Crippen LogP contribution in [0.15, 0.2) is 48.5 Å². The largest absolute Gasteiger partial charge is 0.508 e.